The van der Waals surface area contributed by atoms with Crippen molar-refractivity contribution in [3.05, 3.63) is 69.6 Å². The molecule has 0 saturated carbocycles. The molecule has 8 heteroatoms. The topological polar surface area (TPSA) is 67.7 Å². The Balaban J connectivity index is 0.00000342. The Morgan fingerprint density at radius 2 is 1.77 bits per heavy atom. The van der Waals surface area contributed by atoms with Crippen molar-refractivity contribution >= 4 is 38.2 Å². The van der Waals surface area contributed by atoms with Gasteiger partial charge in [-0.25, -0.2) is 0 Å². The van der Waals surface area contributed by atoms with Gasteiger partial charge in [0.05, 0.1) is 10.2 Å². The number of carbonyl (C=O) groups is 1. The minimum atomic E-state index is -0.167. The van der Waals surface area contributed by atoms with Gasteiger partial charge in [0.15, 0.2) is 5.75 Å². The molecule has 0 saturated heterocycles. The summed E-state index contributed by atoms with van der Waals surface area (Å²) in [6, 6.07) is 11.5. The average molecular weight is 495 g/mol. The minimum absolute atomic E-state index is 0. The molecule has 186 valence electrons. The number of pyridine rings is 2. The smallest absolute Gasteiger partial charge is 0.267 e. The first-order chi connectivity index (χ1) is 16.5. The maximum atomic E-state index is 13.6. The molecule has 7 nitrogen and oxygen atoms in total. The van der Waals surface area contributed by atoms with Crippen molar-refractivity contribution in [3.8, 4) is 5.75 Å². The zero-order chi connectivity index (χ0) is 24.2. The first kappa shape index (κ1) is 26.4. The van der Waals surface area contributed by atoms with Gasteiger partial charge in [-0.15, -0.1) is 11.3 Å². The van der Waals surface area contributed by atoms with E-state index in [1.165, 1.54) is 11.3 Å². The third-order valence-corrected chi connectivity index (χ3v) is 7.40. The Morgan fingerprint density at radius 3 is 2.46 bits per heavy atom. The number of aromatic nitrogens is 2. The quantitative estimate of drug-likeness (QED) is 0.335. The molecule has 0 unspecified atom stereocenters. The number of para-hydroxylation sites is 1. The normalized spacial score (nSPS) is 11.1. The molecule has 4 rings (SSSR count). The molecular weight excluding hydrogens is 460 g/mol. The molecule has 0 aliphatic rings. The van der Waals surface area contributed by atoms with Crippen LogP contribution in [0.1, 0.15) is 36.5 Å². The molecule has 1 amide bonds. The predicted molar refractivity (Wildman–Crippen MR) is 145 cm³/mol. The molecule has 3 aromatic heterocycles. The van der Waals surface area contributed by atoms with E-state index in [2.05, 4.69) is 23.7 Å². The summed E-state index contributed by atoms with van der Waals surface area (Å²) >= 11 is 1.34. The van der Waals surface area contributed by atoms with Crippen LogP contribution < -0.4 is 10.3 Å². The zero-order valence-corrected chi connectivity index (χ0v) is 20.9. The highest BCUT2D eigenvalue weighted by molar-refractivity contribution is 7.22. The van der Waals surface area contributed by atoms with E-state index in [1.54, 1.807) is 36.0 Å². The number of ether oxygens (including phenoxy) is 1. The number of aryl methyl sites for hydroxylation is 1. The molecule has 0 bridgehead atoms. The van der Waals surface area contributed by atoms with E-state index < -0.39 is 0 Å². The molecule has 0 aliphatic carbocycles. The number of amides is 1. The van der Waals surface area contributed by atoms with Gasteiger partial charge in [-0.3, -0.25) is 14.6 Å². The second kappa shape index (κ2) is 11.5. The fraction of sp³-hybridized carbons (Fsp3) is 0.370. The van der Waals surface area contributed by atoms with Crippen molar-refractivity contribution < 1.29 is 9.53 Å². The monoisotopic (exact) mass is 494 g/mol. The summed E-state index contributed by atoms with van der Waals surface area (Å²) in [7, 11) is 3.56. The van der Waals surface area contributed by atoms with E-state index in [4.69, 9.17) is 4.74 Å². The maximum absolute atomic E-state index is 13.6. The van der Waals surface area contributed by atoms with E-state index >= 15 is 0 Å². The van der Waals surface area contributed by atoms with Gasteiger partial charge in [-0.05, 0) is 36.9 Å². The number of fused-ring (bicyclic) bond motifs is 3. The van der Waals surface area contributed by atoms with Crippen molar-refractivity contribution in [1.29, 1.82) is 0 Å². The number of likely N-dealkylation sites (N-methyl/N-ethyl adjacent to an activating group) is 2. The first-order valence-electron chi connectivity index (χ1n) is 11.5. The summed E-state index contributed by atoms with van der Waals surface area (Å²) < 4.78 is 8.62. The van der Waals surface area contributed by atoms with Crippen LogP contribution >= 0.6 is 11.3 Å². The fourth-order valence-corrected chi connectivity index (χ4v) is 5.32. The van der Waals surface area contributed by atoms with E-state index in [0.717, 1.165) is 40.8 Å². The van der Waals surface area contributed by atoms with Crippen molar-refractivity contribution in [3.63, 3.8) is 0 Å². The predicted octanol–water partition coefficient (Wildman–Crippen LogP) is 4.78. The van der Waals surface area contributed by atoms with Crippen LogP contribution in [0.25, 0.3) is 21.0 Å². The summed E-state index contributed by atoms with van der Waals surface area (Å²) in [5.41, 5.74) is 1.58. The van der Waals surface area contributed by atoms with Crippen LogP contribution in [0.3, 0.4) is 0 Å². The second-order valence-electron chi connectivity index (χ2n) is 8.24. The Kier molecular flexibility index (Phi) is 8.64. The van der Waals surface area contributed by atoms with Gasteiger partial charge in [0, 0.05) is 45.0 Å². The van der Waals surface area contributed by atoms with Crippen LogP contribution in [0, 0.1) is 0 Å². The van der Waals surface area contributed by atoms with Crippen LogP contribution in [0.4, 0.5) is 0 Å². The second-order valence-corrected chi connectivity index (χ2v) is 9.26. The van der Waals surface area contributed by atoms with Crippen LogP contribution in [0.15, 0.2) is 53.6 Å². The molecule has 0 atom stereocenters. The van der Waals surface area contributed by atoms with Gasteiger partial charge < -0.3 is 19.1 Å². The van der Waals surface area contributed by atoms with Crippen LogP contribution in [-0.2, 0) is 13.7 Å². The molecule has 0 radical (unpaired) electrons. The van der Waals surface area contributed by atoms with E-state index in [-0.39, 0.29) is 25.5 Å². The lowest BCUT2D eigenvalue weighted by atomic mass is 10.1. The van der Waals surface area contributed by atoms with Gasteiger partial charge in [0.1, 0.15) is 16.9 Å². The summed E-state index contributed by atoms with van der Waals surface area (Å²) in [5.74, 6) is 0.229. The van der Waals surface area contributed by atoms with Crippen molar-refractivity contribution in [1.82, 2.24) is 19.4 Å². The minimum Gasteiger partial charge on any atom is -0.486 e. The van der Waals surface area contributed by atoms with Gasteiger partial charge in [0.2, 0.25) is 0 Å². The Labute approximate surface area is 210 Å². The van der Waals surface area contributed by atoms with Gasteiger partial charge >= 0.3 is 0 Å². The number of thiophene rings is 1. The molecule has 0 aliphatic heterocycles. The van der Waals surface area contributed by atoms with Gasteiger partial charge in [-0.1, -0.05) is 39.5 Å². The summed E-state index contributed by atoms with van der Waals surface area (Å²) in [4.78, 5) is 35.5. The third kappa shape index (κ3) is 5.23. The molecule has 0 N–H and O–H groups in total. The molecule has 0 fully saturated rings. The third-order valence-electron chi connectivity index (χ3n) is 6.21. The Bertz CT molecular complexity index is 1360. The highest BCUT2D eigenvalue weighted by Gasteiger charge is 2.27. The number of rotatable bonds is 9. The summed E-state index contributed by atoms with van der Waals surface area (Å²) in [6.45, 7) is 7.73. The lowest BCUT2D eigenvalue weighted by Gasteiger charge is -2.23. The average Bonchev–Trinajstić information content (AvgIpc) is 3.26. The number of benzene rings is 1. The highest BCUT2D eigenvalue weighted by Crippen LogP contribution is 2.40. The number of hydrogen-bond acceptors (Lipinski definition) is 6. The lowest BCUT2D eigenvalue weighted by molar-refractivity contribution is 0.0780. The van der Waals surface area contributed by atoms with Crippen molar-refractivity contribution in [2.75, 3.05) is 33.2 Å². The Hall–Kier alpha value is -3.23. The largest absolute Gasteiger partial charge is 0.486 e. The molecule has 1 aromatic carbocycles. The van der Waals surface area contributed by atoms with Crippen LogP contribution in [0.5, 0.6) is 5.75 Å². The SMILES string of the molecule is C.CCN(CC)CCN(C)C(=O)c1sc2c(c1OCc1ccncc1)c(=O)n(C)c1ccccc21. The zero-order valence-electron chi connectivity index (χ0n) is 20.1. The summed E-state index contributed by atoms with van der Waals surface area (Å²) in [6.07, 6.45) is 3.40. The molecule has 0 spiro atoms. The molecule has 35 heavy (non-hydrogen) atoms. The maximum Gasteiger partial charge on any atom is 0.267 e. The van der Waals surface area contributed by atoms with Crippen molar-refractivity contribution in [2.24, 2.45) is 7.05 Å². The fourth-order valence-electron chi connectivity index (χ4n) is 4.05. The lowest BCUT2D eigenvalue weighted by Crippen LogP contribution is -2.36. The van der Waals surface area contributed by atoms with Crippen LogP contribution in [0.2, 0.25) is 0 Å². The van der Waals surface area contributed by atoms with E-state index in [0.29, 0.717) is 22.6 Å². The first-order valence-corrected chi connectivity index (χ1v) is 12.3. The van der Waals surface area contributed by atoms with Gasteiger partial charge in [0.25, 0.3) is 11.5 Å². The van der Waals surface area contributed by atoms with Crippen LogP contribution in [-0.4, -0.2) is 58.5 Å². The standard InChI is InChI=1S/C26H30N4O3S.CH4/c1-5-30(6-2)16-15-28(3)26(32)24-22(33-17-18-11-13-27-14-12-18)21-23(34-24)19-9-7-8-10-20(19)29(4)25(21)31;/h7-14H,5-6,15-17H2,1-4H3;1H4. The van der Waals surface area contributed by atoms with E-state index in [1.807, 2.05) is 36.4 Å². The Morgan fingerprint density at radius 1 is 1.09 bits per heavy atom. The highest BCUT2D eigenvalue weighted by atomic mass is 32.1. The number of nitrogens with zero attached hydrogens (tertiary/aromatic N) is 4. The summed E-state index contributed by atoms with van der Waals surface area (Å²) in [5, 5.41) is 1.39. The van der Waals surface area contributed by atoms with Crippen molar-refractivity contribution in [2.45, 2.75) is 27.9 Å². The number of hydrogen-bond donors (Lipinski definition) is 0. The number of carbonyl (C=O) groups excluding carboxylic acids is 1. The van der Waals surface area contributed by atoms with Gasteiger partial charge in [-0.2, -0.15) is 0 Å². The molecule has 3 heterocycles. The molecular formula is C27H34N4O3S. The molecule has 4 aromatic rings. The van der Waals surface area contributed by atoms with E-state index in [9.17, 15) is 9.59 Å².